The Morgan fingerprint density at radius 2 is 1.56 bits per heavy atom. The quantitative estimate of drug-likeness (QED) is 0.876. The van der Waals surface area contributed by atoms with Crippen LogP contribution in [-0.4, -0.2) is 27.1 Å². The molecule has 5 heteroatoms. The standard InChI is InChI=1S/C20H27NO3S/c1-25(23,24)12-14-2-4-18(5-3-14)19(22)21-13-20-9-15-6-16(10-20)8-17(7-15)11-20/h2-5,15-17H,6-13H2,1H3,(H,21,22). The summed E-state index contributed by atoms with van der Waals surface area (Å²) in [5.74, 6) is 2.64. The Labute approximate surface area is 150 Å². The van der Waals surface area contributed by atoms with E-state index in [1.807, 2.05) is 0 Å². The normalized spacial score (nSPS) is 33.4. The zero-order valence-corrected chi connectivity index (χ0v) is 15.6. The molecule has 1 N–H and O–H groups in total. The highest BCUT2D eigenvalue weighted by molar-refractivity contribution is 7.89. The second kappa shape index (κ2) is 6.11. The van der Waals surface area contributed by atoms with Gasteiger partial charge in [0, 0.05) is 18.4 Å². The lowest BCUT2D eigenvalue weighted by Gasteiger charge is -2.56. The zero-order valence-electron chi connectivity index (χ0n) is 14.8. The van der Waals surface area contributed by atoms with Crippen LogP contribution in [0.4, 0.5) is 0 Å². The fourth-order valence-electron chi connectivity index (χ4n) is 5.93. The highest BCUT2D eigenvalue weighted by Crippen LogP contribution is 2.59. The maximum absolute atomic E-state index is 12.5. The average Bonchev–Trinajstić information content (AvgIpc) is 2.50. The molecule has 1 amide bonds. The van der Waals surface area contributed by atoms with Crippen LogP contribution in [0.2, 0.25) is 0 Å². The molecule has 0 heterocycles. The van der Waals surface area contributed by atoms with Gasteiger partial charge in [0.1, 0.15) is 0 Å². The largest absolute Gasteiger partial charge is 0.351 e. The Morgan fingerprint density at radius 3 is 2.04 bits per heavy atom. The summed E-state index contributed by atoms with van der Waals surface area (Å²) in [5, 5.41) is 3.17. The van der Waals surface area contributed by atoms with E-state index >= 15 is 0 Å². The first-order valence-electron chi connectivity index (χ1n) is 9.35. The summed E-state index contributed by atoms with van der Waals surface area (Å²) in [6.45, 7) is 0.792. The lowest BCUT2D eigenvalue weighted by atomic mass is 9.49. The Kier molecular flexibility index (Phi) is 4.18. The van der Waals surface area contributed by atoms with E-state index in [1.165, 1.54) is 44.8 Å². The van der Waals surface area contributed by atoms with E-state index < -0.39 is 9.84 Å². The molecule has 1 aromatic rings. The highest BCUT2D eigenvalue weighted by Gasteiger charge is 2.50. The average molecular weight is 362 g/mol. The first-order chi connectivity index (χ1) is 11.8. The Balaban J connectivity index is 1.38. The second-order valence-corrected chi connectivity index (χ2v) is 11.0. The van der Waals surface area contributed by atoms with E-state index in [0.717, 1.165) is 29.9 Å². The van der Waals surface area contributed by atoms with Gasteiger partial charge in [-0.3, -0.25) is 4.79 Å². The first-order valence-corrected chi connectivity index (χ1v) is 11.4. The summed E-state index contributed by atoms with van der Waals surface area (Å²) in [7, 11) is -3.05. The number of hydrogen-bond donors (Lipinski definition) is 1. The van der Waals surface area contributed by atoms with Crippen LogP contribution >= 0.6 is 0 Å². The molecule has 4 aliphatic carbocycles. The predicted molar refractivity (Wildman–Crippen MR) is 97.9 cm³/mol. The second-order valence-electron chi connectivity index (χ2n) is 8.87. The Hall–Kier alpha value is -1.36. The Morgan fingerprint density at radius 1 is 1.04 bits per heavy atom. The number of sulfone groups is 1. The molecule has 0 unspecified atom stereocenters. The van der Waals surface area contributed by atoms with E-state index in [2.05, 4.69) is 5.32 Å². The third-order valence-electron chi connectivity index (χ3n) is 6.43. The molecule has 4 aliphatic rings. The van der Waals surface area contributed by atoms with Crippen molar-refractivity contribution >= 4 is 15.7 Å². The molecule has 0 aromatic heterocycles. The van der Waals surface area contributed by atoms with Gasteiger partial charge < -0.3 is 5.32 Å². The van der Waals surface area contributed by atoms with Gasteiger partial charge in [0.2, 0.25) is 0 Å². The number of carbonyl (C=O) groups is 1. The molecule has 4 saturated carbocycles. The van der Waals surface area contributed by atoms with Gasteiger partial charge in [-0.25, -0.2) is 8.42 Å². The molecular weight excluding hydrogens is 334 g/mol. The summed E-state index contributed by atoms with van der Waals surface area (Å²) < 4.78 is 22.7. The van der Waals surface area contributed by atoms with Gasteiger partial charge in [-0.2, -0.15) is 0 Å². The van der Waals surface area contributed by atoms with Crippen molar-refractivity contribution in [3.05, 3.63) is 35.4 Å². The van der Waals surface area contributed by atoms with E-state index in [9.17, 15) is 13.2 Å². The summed E-state index contributed by atoms with van der Waals surface area (Å²) in [5.41, 5.74) is 1.67. The molecule has 0 saturated heterocycles. The zero-order chi connectivity index (χ0) is 17.7. The number of hydrogen-bond acceptors (Lipinski definition) is 3. The number of benzene rings is 1. The predicted octanol–water partition coefficient (Wildman–Crippen LogP) is 3.18. The molecule has 0 radical (unpaired) electrons. The molecule has 1 aromatic carbocycles. The maximum Gasteiger partial charge on any atom is 0.251 e. The van der Waals surface area contributed by atoms with E-state index in [4.69, 9.17) is 0 Å². The van der Waals surface area contributed by atoms with Crippen LogP contribution in [0.15, 0.2) is 24.3 Å². The van der Waals surface area contributed by atoms with E-state index in [-0.39, 0.29) is 11.7 Å². The highest BCUT2D eigenvalue weighted by atomic mass is 32.2. The van der Waals surface area contributed by atoms with Crippen molar-refractivity contribution in [2.24, 2.45) is 23.2 Å². The van der Waals surface area contributed by atoms with Crippen LogP contribution in [-0.2, 0) is 15.6 Å². The fraction of sp³-hybridized carbons (Fsp3) is 0.650. The van der Waals surface area contributed by atoms with Crippen LogP contribution in [0.25, 0.3) is 0 Å². The van der Waals surface area contributed by atoms with Crippen molar-refractivity contribution in [1.82, 2.24) is 5.32 Å². The third kappa shape index (κ3) is 3.76. The molecule has 25 heavy (non-hydrogen) atoms. The Bertz CT molecular complexity index is 731. The lowest BCUT2D eigenvalue weighted by molar-refractivity contribution is -0.0503. The molecule has 136 valence electrons. The van der Waals surface area contributed by atoms with Gasteiger partial charge in [0.15, 0.2) is 9.84 Å². The number of nitrogens with one attached hydrogen (secondary N) is 1. The molecule has 0 spiro atoms. The van der Waals surface area contributed by atoms with Gasteiger partial charge in [0.25, 0.3) is 5.91 Å². The number of amides is 1. The van der Waals surface area contributed by atoms with Crippen molar-refractivity contribution in [1.29, 1.82) is 0 Å². The van der Waals surface area contributed by atoms with Crippen molar-refractivity contribution in [3.63, 3.8) is 0 Å². The van der Waals surface area contributed by atoms with Gasteiger partial charge in [-0.05, 0) is 79.4 Å². The van der Waals surface area contributed by atoms with Crippen LogP contribution < -0.4 is 5.32 Å². The molecule has 0 aliphatic heterocycles. The minimum Gasteiger partial charge on any atom is -0.351 e. The number of carbonyl (C=O) groups excluding carboxylic acids is 1. The first kappa shape index (κ1) is 17.1. The van der Waals surface area contributed by atoms with E-state index in [1.54, 1.807) is 24.3 Å². The smallest absolute Gasteiger partial charge is 0.251 e. The molecule has 5 rings (SSSR count). The molecule has 4 bridgehead atoms. The molecule has 4 fully saturated rings. The number of rotatable bonds is 5. The van der Waals surface area contributed by atoms with Crippen molar-refractivity contribution in [3.8, 4) is 0 Å². The van der Waals surface area contributed by atoms with Gasteiger partial charge in [0.05, 0.1) is 5.75 Å². The fourth-order valence-corrected chi connectivity index (χ4v) is 6.73. The topological polar surface area (TPSA) is 63.2 Å². The lowest BCUT2D eigenvalue weighted by Crippen LogP contribution is -2.51. The summed E-state index contributed by atoms with van der Waals surface area (Å²) in [4.78, 5) is 12.5. The molecule has 4 nitrogen and oxygen atoms in total. The maximum atomic E-state index is 12.5. The molecule has 0 atom stereocenters. The van der Waals surface area contributed by atoms with E-state index in [0.29, 0.717) is 11.0 Å². The third-order valence-corrected chi connectivity index (χ3v) is 7.29. The summed E-state index contributed by atoms with van der Waals surface area (Å²) in [6, 6.07) is 6.94. The van der Waals surface area contributed by atoms with Gasteiger partial charge in [-0.15, -0.1) is 0 Å². The van der Waals surface area contributed by atoms with Crippen molar-refractivity contribution < 1.29 is 13.2 Å². The van der Waals surface area contributed by atoms with Gasteiger partial charge >= 0.3 is 0 Å². The SMILES string of the molecule is CS(=O)(=O)Cc1ccc(C(=O)NCC23CC4CC(CC(C4)C2)C3)cc1. The minimum absolute atomic E-state index is 0.0160. The summed E-state index contributed by atoms with van der Waals surface area (Å²) in [6.07, 6.45) is 9.31. The summed E-state index contributed by atoms with van der Waals surface area (Å²) >= 11 is 0. The monoisotopic (exact) mass is 361 g/mol. The molecular formula is C20H27NO3S. The minimum atomic E-state index is -3.05. The van der Waals surface area contributed by atoms with Crippen LogP contribution in [0, 0.1) is 23.2 Å². The van der Waals surface area contributed by atoms with Crippen molar-refractivity contribution in [2.75, 3.05) is 12.8 Å². The van der Waals surface area contributed by atoms with Gasteiger partial charge in [-0.1, -0.05) is 12.1 Å². The van der Waals surface area contributed by atoms with Crippen LogP contribution in [0.1, 0.15) is 54.4 Å². The van der Waals surface area contributed by atoms with Crippen LogP contribution in [0.5, 0.6) is 0 Å². The van der Waals surface area contributed by atoms with Crippen molar-refractivity contribution in [2.45, 2.75) is 44.3 Å². The van der Waals surface area contributed by atoms with Crippen LogP contribution in [0.3, 0.4) is 0 Å².